The third kappa shape index (κ3) is 4.85. The minimum absolute atomic E-state index is 0.230. The number of nitrogens with zero attached hydrogens (tertiary/aromatic N) is 2. The van der Waals surface area contributed by atoms with E-state index in [9.17, 15) is 36.2 Å². The third-order valence-electron chi connectivity index (χ3n) is 5.76. The summed E-state index contributed by atoms with van der Waals surface area (Å²) < 4.78 is 84.7. The van der Waals surface area contributed by atoms with Crippen molar-refractivity contribution in [3.63, 3.8) is 0 Å². The van der Waals surface area contributed by atoms with Crippen molar-refractivity contribution in [2.24, 2.45) is 0 Å². The molecule has 1 aliphatic rings. The quantitative estimate of drug-likeness (QED) is 0.609. The molecule has 3 rings (SSSR count). The minimum atomic E-state index is -5.98. The molecule has 2 aromatic carbocycles. The molecular weight excluding hydrogens is 466 g/mol. The van der Waals surface area contributed by atoms with Gasteiger partial charge in [0.15, 0.2) is 0 Å². The number of halogens is 6. The van der Waals surface area contributed by atoms with Crippen LogP contribution in [0.25, 0.3) is 0 Å². The Morgan fingerprint density at radius 1 is 0.971 bits per heavy atom. The standard InChI is InChI=1S/C23H24F6N2O3/c1-2-31(18-10-8-17(9-11-18)21(33,22(24,25)26)23(27,28)29)19(16-6-4-3-5-7-16)20(32)30-12-14-34-15-13-30/h3-11,19,33H,2,12-15H2,1H3. The highest BCUT2D eigenvalue weighted by molar-refractivity contribution is 5.87. The molecule has 2 aromatic rings. The number of benzene rings is 2. The summed E-state index contributed by atoms with van der Waals surface area (Å²) in [6.07, 6.45) is -12.0. The van der Waals surface area contributed by atoms with E-state index in [1.54, 1.807) is 47.1 Å². The summed E-state index contributed by atoms with van der Waals surface area (Å²) in [5.41, 5.74) is -5.53. The largest absolute Gasteiger partial charge is 0.430 e. The lowest BCUT2D eigenvalue weighted by atomic mass is 9.92. The molecule has 1 fully saturated rings. The van der Waals surface area contributed by atoms with Crippen molar-refractivity contribution in [2.75, 3.05) is 37.7 Å². The zero-order valence-electron chi connectivity index (χ0n) is 18.2. The monoisotopic (exact) mass is 490 g/mol. The highest BCUT2D eigenvalue weighted by Gasteiger charge is 2.71. The van der Waals surface area contributed by atoms with Gasteiger partial charge in [-0.2, -0.15) is 26.3 Å². The van der Waals surface area contributed by atoms with Crippen molar-refractivity contribution in [1.82, 2.24) is 4.90 Å². The third-order valence-corrected chi connectivity index (χ3v) is 5.76. The van der Waals surface area contributed by atoms with Crippen molar-refractivity contribution in [1.29, 1.82) is 0 Å². The average Bonchev–Trinajstić information content (AvgIpc) is 2.81. The maximum atomic E-state index is 13.5. The first kappa shape index (κ1) is 25.8. The highest BCUT2D eigenvalue weighted by Crippen LogP contribution is 2.50. The molecule has 1 saturated heterocycles. The van der Waals surface area contributed by atoms with Crippen molar-refractivity contribution >= 4 is 11.6 Å². The van der Waals surface area contributed by atoms with E-state index in [4.69, 9.17) is 4.74 Å². The molecule has 0 radical (unpaired) electrons. The number of anilines is 1. The van der Waals surface area contributed by atoms with Crippen LogP contribution in [0.2, 0.25) is 0 Å². The van der Waals surface area contributed by atoms with Gasteiger partial charge in [0.05, 0.1) is 13.2 Å². The van der Waals surface area contributed by atoms with E-state index in [-0.39, 0.29) is 18.1 Å². The summed E-state index contributed by atoms with van der Waals surface area (Å²) in [5, 5.41) is 9.65. The summed E-state index contributed by atoms with van der Waals surface area (Å²) >= 11 is 0. The number of hydrogen-bond acceptors (Lipinski definition) is 4. The number of aliphatic hydroxyl groups is 1. The number of carbonyl (C=O) groups is 1. The number of amides is 1. The van der Waals surface area contributed by atoms with Gasteiger partial charge in [-0.05, 0) is 24.6 Å². The molecule has 0 aromatic heterocycles. The molecule has 1 heterocycles. The van der Waals surface area contributed by atoms with Crippen LogP contribution in [0.15, 0.2) is 54.6 Å². The van der Waals surface area contributed by atoms with Crippen molar-refractivity contribution in [2.45, 2.75) is 30.9 Å². The van der Waals surface area contributed by atoms with Gasteiger partial charge in [-0.1, -0.05) is 42.5 Å². The van der Waals surface area contributed by atoms with Crippen LogP contribution in [0.5, 0.6) is 0 Å². The molecule has 1 N–H and O–H groups in total. The van der Waals surface area contributed by atoms with Crippen molar-refractivity contribution < 1.29 is 41.0 Å². The molecule has 1 atom stereocenters. The van der Waals surface area contributed by atoms with Crippen LogP contribution in [0.3, 0.4) is 0 Å². The highest BCUT2D eigenvalue weighted by atomic mass is 19.4. The molecule has 0 aliphatic carbocycles. The van der Waals surface area contributed by atoms with Gasteiger partial charge in [-0.3, -0.25) is 4.79 Å². The number of ether oxygens (including phenoxy) is 1. The van der Waals surface area contributed by atoms with Gasteiger partial charge in [0.1, 0.15) is 6.04 Å². The van der Waals surface area contributed by atoms with E-state index < -0.39 is 29.6 Å². The van der Waals surface area contributed by atoms with Crippen LogP contribution in [0, 0.1) is 0 Å². The number of alkyl halides is 6. The predicted molar refractivity (Wildman–Crippen MR) is 112 cm³/mol. The molecule has 1 aliphatic heterocycles. The first-order valence-electron chi connectivity index (χ1n) is 10.6. The molecule has 34 heavy (non-hydrogen) atoms. The summed E-state index contributed by atoms with van der Waals surface area (Å²) in [6.45, 7) is 3.41. The lowest BCUT2D eigenvalue weighted by molar-refractivity contribution is -0.376. The van der Waals surface area contributed by atoms with Crippen LogP contribution in [0.4, 0.5) is 32.0 Å². The van der Waals surface area contributed by atoms with Gasteiger partial charge in [0, 0.05) is 30.9 Å². The maximum absolute atomic E-state index is 13.5. The van der Waals surface area contributed by atoms with E-state index in [0.717, 1.165) is 12.1 Å². The number of carbonyl (C=O) groups excluding carboxylic acids is 1. The molecule has 186 valence electrons. The second kappa shape index (κ2) is 9.83. The van der Waals surface area contributed by atoms with Crippen molar-refractivity contribution in [3.8, 4) is 0 Å². The topological polar surface area (TPSA) is 53.0 Å². The Kier molecular flexibility index (Phi) is 7.47. The molecule has 0 saturated carbocycles. The van der Waals surface area contributed by atoms with Gasteiger partial charge in [-0.25, -0.2) is 0 Å². The fourth-order valence-corrected chi connectivity index (χ4v) is 3.94. The van der Waals surface area contributed by atoms with Crippen LogP contribution >= 0.6 is 0 Å². The molecule has 1 unspecified atom stereocenters. The summed E-state index contributed by atoms with van der Waals surface area (Å²) in [4.78, 5) is 16.7. The van der Waals surface area contributed by atoms with E-state index in [2.05, 4.69) is 0 Å². The van der Waals surface area contributed by atoms with E-state index in [0.29, 0.717) is 44.0 Å². The predicted octanol–water partition coefficient (Wildman–Crippen LogP) is 4.43. The Hall–Kier alpha value is -2.79. The summed E-state index contributed by atoms with van der Waals surface area (Å²) in [5.74, 6) is -0.262. The minimum Gasteiger partial charge on any atom is -0.378 e. The van der Waals surface area contributed by atoms with Crippen LogP contribution in [-0.4, -0.2) is 61.1 Å². The van der Waals surface area contributed by atoms with Gasteiger partial charge in [-0.15, -0.1) is 0 Å². The van der Waals surface area contributed by atoms with Crippen LogP contribution in [-0.2, 0) is 15.1 Å². The summed E-state index contributed by atoms with van der Waals surface area (Å²) in [7, 11) is 0. The van der Waals surface area contributed by atoms with E-state index in [1.807, 2.05) is 0 Å². The molecule has 0 spiro atoms. The number of hydrogen-bond donors (Lipinski definition) is 1. The first-order chi connectivity index (χ1) is 15.9. The molecule has 11 heteroatoms. The van der Waals surface area contributed by atoms with Crippen molar-refractivity contribution in [3.05, 3.63) is 65.7 Å². The Morgan fingerprint density at radius 2 is 1.50 bits per heavy atom. The maximum Gasteiger partial charge on any atom is 0.430 e. The lowest BCUT2D eigenvalue weighted by Gasteiger charge is -2.37. The second-order valence-electron chi connectivity index (χ2n) is 7.79. The Morgan fingerprint density at radius 3 is 1.97 bits per heavy atom. The lowest BCUT2D eigenvalue weighted by Crippen LogP contribution is -2.53. The Balaban J connectivity index is 2.02. The van der Waals surface area contributed by atoms with Crippen LogP contribution in [0.1, 0.15) is 24.1 Å². The summed E-state index contributed by atoms with van der Waals surface area (Å²) in [6, 6.07) is 11.1. The Labute approximate surface area is 192 Å². The van der Waals surface area contributed by atoms with Gasteiger partial charge in [0.2, 0.25) is 5.91 Å². The molecule has 0 bridgehead atoms. The van der Waals surface area contributed by atoms with E-state index in [1.165, 1.54) is 0 Å². The number of morpholine rings is 1. The zero-order valence-corrected chi connectivity index (χ0v) is 18.2. The second-order valence-corrected chi connectivity index (χ2v) is 7.79. The SMILES string of the molecule is CCN(c1ccc(C(O)(C(F)(F)F)C(F)(F)F)cc1)C(C(=O)N1CCOCC1)c1ccccc1. The number of rotatable bonds is 6. The van der Waals surface area contributed by atoms with Gasteiger partial charge >= 0.3 is 12.4 Å². The van der Waals surface area contributed by atoms with E-state index >= 15 is 0 Å². The zero-order chi connectivity index (χ0) is 25.1. The molecule has 1 amide bonds. The Bertz CT molecular complexity index is 943. The van der Waals surface area contributed by atoms with Gasteiger partial charge < -0.3 is 19.6 Å². The fraction of sp³-hybridized carbons (Fsp3) is 0.435. The molecular formula is C23H24F6N2O3. The smallest absolute Gasteiger partial charge is 0.378 e. The van der Waals surface area contributed by atoms with Crippen LogP contribution < -0.4 is 4.90 Å². The fourth-order valence-electron chi connectivity index (χ4n) is 3.94. The van der Waals surface area contributed by atoms with Gasteiger partial charge in [0.25, 0.3) is 5.60 Å². The first-order valence-corrected chi connectivity index (χ1v) is 10.6. The normalized spacial score (nSPS) is 16.3. The number of likely N-dealkylation sites (N-methyl/N-ethyl adjacent to an activating group) is 1. The average molecular weight is 490 g/mol. The molecule has 5 nitrogen and oxygen atoms in total.